The van der Waals surface area contributed by atoms with Crippen molar-refractivity contribution in [3.05, 3.63) is 99.9 Å². The number of phenols is 1. The van der Waals surface area contributed by atoms with Gasteiger partial charge in [-0.25, -0.2) is 18.0 Å². The highest BCUT2D eigenvalue weighted by Crippen LogP contribution is 2.48. The predicted molar refractivity (Wildman–Crippen MR) is 144 cm³/mol. The Labute approximate surface area is 227 Å². The number of piperidine rings is 1. The Kier molecular flexibility index (Phi) is 7.36. The lowest BCUT2D eigenvalue weighted by molar-refractivity contribution is 0.0204. The zero-order valence-electron chi connectivity index (χ0n) is 22.5. The lowest BCUT2D eigenvalue weighted by Gasteiger charge is -2.36. The summed E-state index contributed by atoms with van der Waals surface area (Å²) in [5, 5.41) is 10.0. The van der Waals surface area contributed by atoms with Crippen molar-refractivity contribution < 1.29 is 27.8 Å². The SMILES string of the molecule is CC(C)(C)OC(=O)N1CCC(c2cc(F)c([C@@H]3c4ccc(O)cc4CC[C@@H]3c3ccc(F)cc3)c(F)c2)CC1. The van der Waals surface area contributed by atoms with Crippen LogP contribution in [0.5, 0.6) is 5.75 Å². The third-order valence-electron chi connectivity index (χ3n) is 7.92. The van der Waals surface area contributed by atoms with Crippen LogP contribution in [-0.4, -0.2) is 34.8 Å². The quantitative estimate of drug-likeness (QED) is 0.371. The summed E-state index contributed by atoms with van der Waals surface area (Å²) >= 11 is 0. The zero-order chi connectivity index (χ0) is 27.9. The van der Waals surface area contributed by atoms with Gasteiger partial charge in [0, 0.05) is 24.6 Å². The molecule has 0 radical (unpaired) electrons. The normalized spacial score (nSPS) is 20.0. The third-order valence-corrected chi connectivity index (χ3v) is 7.92. The van der Waals surface area contributed by atoms with Gasteiger partial charge in [0.05, 0.1) is 0 Å². The average molecular weight is 538 g/mol. The third kappa shape index (κ3) is 5.77. The summed E-state index contributed by atoms with van der Waals surface area (Å²) in [5.74, 6) is -2.43. The largest absolute Gasteiger partial charge is 0.508 e. The number of nitrogens with zero attached hydrogens (tertiary/aromatic N) is 1. The summed E-state index contributed by atoms with van der Waals surface area (Å²) in [6.07, 6.45) is 2.04. The fraction of sp³-hybridized carbons (Fsp3) is 0.406. The van der Waals surface area contributed by atoms with Crippen LogP contribution in [0, 0.1) is 17.5 Å². The van der Waals surface area contributed by atoms with Gasteiger partial charge < -0.3 is 14.7 Å². The number of likely N-dealkylation sites (tertiary alicyclic amines) is 1. The van der Waals surface area contributed by atoms with Crippen LogP contribution in [0.4, 0.5) is 18.0 Å². The van der Waals surface area contributed by atoms with E-state index in [4.69, 9.17) is 4.74 Å². The molecule has 1 amide bonds. The van der Waals surface area contributed by atoms with Gasteiger partial charge in [0.2, 0.25) is 0 Å². The van der Waals surface area contributed by atoms with Crippen molar-refractivity contribution in [3.8, 4) is 5.75 Å². The highest BCUT2D eigenvalue weighted by molar-refractivity contribution is 5.68. The lowest BCUT2D eigenvalue weighted by Crippen LogP contribution is -2.41. The van der Waals surface area contributed by atoms with Crippen molar-refractivity contribution in [1.29, 1.82) is 0 Å². The van der Waals surface area contributed by atoms with E-state index in [9.17, 15) is 14.3 Å². The van der Waals surface area contributed by atoms with Crippen LogP contribution < -0.4 is 0 Å². The number of aromatic hydroxyl groups is 1. The number of amides is 1. The highest BCUT2D eigenvalue weighted by Gasteiger charge is 2.36. The summed E-state index contributed by atoms with van der Waals surface area (Å²) in [5.41, 5.74) is 2.43. The summed E-state index contributed by atoms with van der Waals surface area (Å²) in [6, 6.07) is 13.9. The molecule has 206 valence electrons. The Bertz CT molecular complexity index is 1340. The van der Waals surface area contributed by atoms with Crippen LogP contribution in [0.25, 0.3) is 0 Å². The molecule has 3 aromatic rings. The maximum Gasteiger partial charge on any atom is 0.410 e. The number of rotatable bonds is 3. The van der Waals surface area contributed by atoms with Crippen molar-refractivity contribution in [2.45, 2.75) is 69.8 Å². The topological polar surface area (TPSA) is 49.8 Å². The number of hydrogen-bond acceptors (Lipinski definition) is 3. The lowest BCUT2D eigenvalue weighted by atomic mass is 9.68. The van der Waals surface area contributed by atoms with Gasteiger partial charge >= 0.3 is 6.09 Å². The van der Waals surface area contributed by atoms with Crippen LogP contribution in [0.1, 0.15) is 85.6 Å². The van der Waals surface area contributed by atoms with E-state index in [0.717, 1.165) is 16.7 Å². The number of aryl methyl sites for hydroxylation is 1. The molecule has 1 fully saturated rings. The van der Waals surface area contributed by atoms with E-state index >= 15 is 8.78 Å². The zero-order valence-corrected chi connectivity index (χ0v) is 22.5. The summed E-state index contributed by atoms with van der Waals surface area (Å²) in [6.45, 7) is 6.36. The number of ether oxygens (including phenoxy) is 1. The first kappa shape index (κ1) is 27.1. The molecule has 5 rings (SSSR count). The molecular weight excluding hydrogens is 503 g/mol. The molecule has 1 aliphatic carbocycles. The molecule has 0 saturated carbocycles. The smallest absolute Gasteiger partial charge is 0.410 e. The minimum Gasteiger partial charge on any atom is -0.508 e. The van der Waals surface area contributed by atoms with Crippen molar-refractivity contribution in [2.75, 3.05) is 13.1 Å². The first-order valence-corrected chi connectivity index (χ1v) is 13.5. The molecule has 0 unspecified atom stereocenters. The Morgan fingerprint density at radius 2 is 1.54 bits per heavy atom. The standard InChI is InChI=1S/C32H34F3NO3/c1-32(2,3)39-31(38)36-14-12-19(13-15-36)22-17-27(34)30(28(35)18-22)29-25(20-4-7-23(33)8-5-20)10-6-21-16-24(37)9-11-26(21)29/h4-5,7-9,11,16-19,25,29,37H,6,10,12-15H2,1-3H3/t25-,29+/m1/s1. The first-order chi connectivity index (χ1) is 18.5. The molecule has 1 heterocycles. The molecule has 0 aromatic heterocycles. The monoisotopic (exact) mass is 537 g/mol. The van der Waals surface area contributed by atoms with Gasteiger partial charge in [-0.3, -0.25) is 0 Å². The highest BCUT2D eigenvalue weighted by atomic mass is 19.1. The predicted octanol–water partition coefficient (Wildman–Crippen LogP) is 7.79. The molecule has 0 spiro atoms. The van der Waals surface area contributed by atoms with E-state index in [1.807, 2.05) is 20.8 Å². The minimum absolute atomic E-state index is 0.00842. The van der Waals surface area contributed by atoms with E-state index in [2.05, 4.69) is 0 Å². The Balaban J connectivity index is 1.45. The number of phenolic OH excluding ortho intramolecular Hbond substituents is 1. The molecule has 4 nitrogen and oxygen atoms in total. The Hall–Kier alpha value is -3.48. The van der Waals surface area contributed by atoms with Gasteiger partial charge in [-0.15, -0.1) is 0 Å². The molecule has 3 aromatic carbocycles. The molecule has 7 heteroatoms. The molecule has 1 aliphatic heterocycles. The van der Waals surface area contributed by atoms with Crippen molar-refractivity contribution >= 4 is 6.09 Å². The van der Waals surface area contributed by atoms with Gasteiger partial charge in [-0.05, 0) is 117 Å². The maximum atomic E-state index is 15.9. The molecule has 0 bridgehead atoms. The van der Waals surface area contributed by atoms with E-state index in [-0.39, 0.29) is 35.1 Å². The Morgan fingerprint density at radius 3 is 2.15 bits per heavy atom. The molecule has 2 atom stereocenters. The Morgan fingerprint density at radius 1 is 0.897 bits per heavy atom. The second-order valence-corrected chi connectivity index (χ2v) is 11.7. The van der Waals surface area contributed by atoms with Gasteiger partial charge in [0.15, 0.2) is 0 Å². The maximum absolute atomic E-state index is 15.9. The number of carbonyl (C=O) groups is 1. The summed E-state index contributed by atoms with van der Waals surface area (Å²) in [4.78, 5) is 14.1. The molecule has 1 saturated heterocycles. The summed E-state index contributed by atoms with van der Waals surface area (Å²) < 4.78 is 51.0. The van der Waals surface area contributed by atoms with Gasteiger partial charge in [-0.2, -0.15) is 0 Å². The van der Waals surface area contributed by atoms with Crippen LogP contribution >= 0.6 is 0 Å². The van der Waals surface area contributed by atoms with Gasteiger partial charge in [0.1, 0.15) is 28.8 Å². The molecule has 2 aliphatic rings. The number of halogens is 3. The van der Waals surface area contributed by atoms with Crippen molar-refractivity contribution in [3.63, 3.8) is 0 Å². The fourth-order valence-electron chi connectivity index (χ4n) is 6.09. The summed E-state index contributed by atoms with van der Waals surface area (Å²) in [7, 11) is 0. The molecule has 39 heavy (non-hydrogen) atoms. The fourth-order valence-corrected chi connectivity index (χ4v) is 6.09. The van der Waals surface area contributed by atoms with E-state index in [1.54, 1.807) is 35.2 Å². The minimum atomic E-state index is -0.622. The van der Waals surface area contributed by atoms with E-state index in [0.29, 0.717) is 44.3 Å². The number of hydrogen-bond donors (Lipinski definition) is 1. The van der Waals surface area contributed by atoms with Gasteiger partial charge in [-0.1, -0.05) is 18.2 Å². The second-order valence-electron chi connectivity index (χ2n) is 11.7. The van der Waals surface area contributed by atoms with Crippen LogP contribution in [0.15, 0.2) is 54.6 Å². The number of benzene rings is 3. The van der Waals surface area contributed by atoms with Crippen LogP contribution in [0.2, 0.25) is 0 Å². The molecule has 1 N–H and O–H groups in total. The first-order valence-electron chi connectivity index (χ1n) is 13.5. The average Bonchev–Trinajstić information content (AvgIpc) is 2.88. The van der Waals surface area contributed by atoms with Gasteiger partial charge in [0.25, 0.3) is 0 Å². The van der Waals surface area contributed by atoms with E-state index in [1.165, 1.54) is 24.3 Å². The van der Waals surface area contributed by atoms with E-state index < -0.39 is 23.2 Å². The molecular formula is C32H34F3NO3. The van der Waals surface area contributed by atoms with Crippen LogP contribution in [-0.2, 0) is 11.2 Å². The number of fused-ring (bicyclic) bond motifs is 1. The van der Waals surface area contributed by atoms with Crippen molar-refractivity contribution in [2.24, 2.45) is 0 Å². The van der Waals surface area contributed by atoms with Crippen molar-refractivity contribution in [1.82, 2.24) is 4.90 Å². The van der Waals surface area contributed by atoms with Crippen LogP contribution in [0.3, 0.4) is 0 Å². The number of carbonyl (C=O) groups excluding carboxylic acids is 1. The second kappa shape index (κ2) is 10.6.